The molecule has 0 amide bonds. The van der Waals surface area contributed by atoms with Crippen LogP contribution in [0.25, 0.3) is 0 Å². The van der Waals surface area contributed by atoms with Crippen molar-refractivity contribution in [1.29, 1.82) is 0 Å². The van der Waals surface area contributed by atoms with Gasteiger partial charge in [-0.3, -0.25) is 0 Å². The predicted molar refractivity (Wildman–Crippen MR) is 61.4 cm³/mol. The first kappa shape index (κ1) is 11.5. The Bertz CT molecular complexity index is 318. The molecule has 16 heavy (non-hydrogen) atoms. The quantitative estimate of drug-likeness (QED) is 0.813. The maximum Gasteiger partial charge on any atom is 0.229 e. The van der Waals surface area contributed by atoms with Crippen molar-refractivity contribution in [1.82, 2.24) is 20.4 Å². The Labute approximate surface area is 96.2 Å². The van der Waals surface area contributed by atoms with E-state index in [1.807, 2.05) is 7.05 Å². The summed E-state index contributed by atoms with van der Waals surface area (Å²) in [7, 11) is 4.08. The zero-order chi connectivity index (χ0) is 11.4. The van der Waals surface area contributed by atoms with Gasteiger partial charge in [-0.2, -0.15) is 4.98 Å². The van der Waals surface area contributed by atoms with Crippen LogP contribution < -0.4 is 5.32 Å². The van der Waals surface area contributed by atoms with Crippen molar-refractivity contribution in [3.8, 4) is 0 Å². The van der Waals surface area contributed by atoms with Gasteiger partial charge in [0.25, 0.3) is 0 Å². The molecule has 0 spiro atoms. The van der Waals surface area contributed by atoms with Crippen LogP contribution in [0.15, 0.2) is 4.52 Å². The van der Waals surface area contributed by atoms with Crippen molar-refractivity contribution in [2.75, 3.05) is 33.7 Å². The standard InChI is InChI=1S/C11H20N4O/c1-12-6-3-10-13-11(16-14-10)9-4-7-15(2)8-5-9/h9,12H,3-8H2,1-2H3. The maximum absolute atomic E-state index is 5.33. The number of piperidine rings is 1. The summed E-state index contributed by atoms with van der Waals surface area (Å²) in [5.74, 6) is 2.12. The fraction of sp³-hybridized carbons (Fsp3) is 0.818. The minimum absolute atomic E-state index is 0.465. The topological polar surface area (TPSA) is 54.2 Å². The number of aromatic nitrogens is 2. The first-order valence-electron chi connectivity index (χ1n) is 5.95. The zero-order valence-corrected chi connectivity index (χ0v) is 10.1. The summed E-state index contributed by atoms with van der Waals surface area (Å²) in [6.45, 7) is 3.14. The summed E-state index contributed by atoms with van der Waals surface area (Å²) in [6, 6.07) is 0. The molecule has 2 heterocycles. The van der Waals surface area contributed by atoms with E-state index in [0.717, 1.165) is 50.6 Å². The second kappa shape index (κ2) is 5.41. The van der Waals surface area contributed by atoms with Gasteiger partial charge in [0.2, 0.25) is 5.89 Å². The van der Waals surface area contributed by atoms with E-state index in [0.29, 0.717) is 5.92 Å². The van der Waals surface area contributed by atoms with Crippen molar-refractivity contribution in [3.05, 3.63) is 11.7 Å². The van der Waals surface area contributed by atoms with E-state index in [1.54, 1.807) is 0 Å². The van der Waals surface area contributed by atoms with Crippen LogP contribution in [0.4, 0.5) is 0 Å². The summed E-state index contributed by atoms with van der Waals surface area (Å²) in [5, 5.41) is 7.09. The first-order valence-corrected chi connectivity index (χ1v) is 5.95. The Kier molecular flexibility index (Phi) is 3.90. The average molecular weight is 224 g/mol. The average Bonchev–Trinajstić information content (AvgIpc) is 2.76. The van der Waals surface area contributed by atoms with E-state index in [1.165, 1.54) is 0 Å². The molecule has 2 rings (SSSR count). The molecule has 1 aromatic heterocycles. The van der Waals surface area contributed by atoms with Gasteiger partial charge < -0.3 is 14.7 Å². The lowest BCUT2D eigenvalue weighted by atomic mass is 9.97. The van der Waals surface area contributed by atoms with Crippen LogP contribution in [0, 0.1) is 0 Å². The van der Waals surface area contributed by atoms with Gasteiger partial charge in [-0.1, -0.05) is 5.16 Å². The van der Waals surface area contributed by atoms with Crippen molar-refractivity contribution >= 4 is 0 Å². The molecule has 0 aromatic carbocycles. The molecule has 0 unspecified atom stereocenters. The van der Waals surface area contributed by atoms with Crippen LogP contribution in [-0.4, -0.2) is 48.8 Å². The summed E-state index contributed by atoms with van der Waals surface area (Å²) in [6.07, 6.45) is 3.10. The summed E-state index contributed by atoms with van der Waals surface area (Å²) in [4.78, 5) is 6.80. The first-order chi connectivity index (χ1) is 7.79. The van der Waals surface area contributed by atoms with Crippen molar-refractivity contribution in [2.24, 2.45) is 0 Å². The normalized spacial score (nSPS) is 19.1. The Balaban J connectivity index is 1.91. The van der Waals surface area contributed by atoms with E-state index in [-0.39, 0.29) is 0 Å². The highest BCUT2D eigenvalue weighted by molar-refractivity contribution is 4.96. The van der Waals surface area contributed by atoms with E-state index >= 15 is 0 Å². The molecule has 0 bridgehead atoms. The molecule has 1 N–H and O–H groups in total. The number of likely N-dealkylation sites (N-methyl/N-ethyl adjacent to an activating group) is 1. The lowest BCUT2D eigenvalue weighted by Gasteiger charge is -2.26. The van der Waals surface area contributed by atoms with Gasteiger partial charge in [-0.05, 0) is 40.0 Å². The molecule has 1 aliphatic rings. The fourth-order valence-electron chi connectivity index (χ4n) is 2.03. The molecule has 0 radical (unpaired) electrons. The summed E-state index contributed by atoms with van der Waals surface area (Å²) < 4.78 is 5.33. The highest BCUT2D eigenvalue weighted by atomic mass is 16.5. The lowest BCUT2D eigenvalue weighted by Crippen LogP contribution is -2.29. The third-order valence-electron chi connectivity index (χ3n) is 3.15. The molecule has 5 nitrogen and oxygen atoms in total. The monoisotopic (exact) mass is 224 g/mol. The molecular weight excluding hydrogens is 204 g/mol. The maximum atomic E-state index is 5.33. The van der Waals surface area contributed by atoms with Crippen molar-refractivity contribution in [3.63, 3.8) is 0 Å². The molecule has 1 aliphatic heterocycles. The second-order valence-electron chi connectivity index (χ2n) is 4.48. The third kappa shape index (κ3) is 2.80. The van der Waals surface area contributed by atoms with E-state index in [9.17, 15) is 0 Å². The number of rotatable bonds is 4. The summed E-state index contributed by atoms with van der Waals surface area (Å²) >= 11 is 0. The predicted octanol–water partition coefficient (Wildman–Crippen LogP) is 0.641. The van der Waals surface area contributed by atoms with Crippen LogP contribution in [-0.2, 0) is 6.42 Å². The van der Waals surface area contributed by atoms with Gasteiger partial charge in [0.15, 0.2) is 5.82 Å². The minimum Gasteiger partial charge on any atom is -0.339 e. The highest BCUT2D eigenvalue weighted by Crippen LogP contribution is 2.25. The highest BCUT2D eigenvalue weighted by Gasteiger charge is 2.23. The van der Waals surface area contributed by atoms with Gasteiger partial charge in [0.05, 0.1) is 0 Å². The zero-order valence-electron chi connectivity index (χ0n) is 10.1. The SMILES string of the molecule is CNCCc1noc(C2CCN(C)CC2)n1. The van der Waals surface area contributed by atoms with Gasteiger partial charge in [0.1, 0.15) is 0 Å². The molecule has 0 saturated carbocycles. The fourth-order valence-corrected chi connectivity index (χ4v) is 2.03. The Morgan fingerprint density at radius 2 is 2.19 bits per heavy atom. The van der Waals surface area contributed by atoms with Crippen LogP contribution in [0.5, 0.6) is 0 Å². The van der Waals surface area contributed by atoms with Crippen LogP contribution >= 0.6 is 0 Å². The number of hydrogen-bond acceptors (Lipinski definition) is 5. The van der Waals surface area contributed by atoms with E-state index < -0.39 is 0 Å². The van der Waals surface area contributed by atoms with E-state index in [2.05, 4.69) is 27.4 Å². The van der Waals surface area contributed by atoms with Crippen LogP contribution in [0.3, 0.4) is 0 Å². The smallest absolute Gasteiger partial charge is 0.229 e. The largest absolute Gasteiger partial charge is 0.339 e. The number of likely N-dealkylation sites (tertiary alicyclic amines) is 1. The molecule has 1 fully saturated rings. The molecule has 1 saturated heterocycles. The minimum atomic E-state index is 0.465. The Morgan fingerprint density at radius 3 is 2.88 bits per heavy atom. The van der Waals surface area contributed by atoms with Crippen LogP contribution in [0.2, 0.25) is 0 Å². The van der Waals surface area contributed by atoms with Crippen LogP contribution in [0.1, 0.15) is 30.5 Å². The molecule has 1 aromatic rings. The van der Waals surface area contributed by atoms with Gasteiger partial charge >= 0.3 is 0 Å². The molecule has 0 atom stereocenters. The van der Waals surface area contributed by atoms with Gasteiger partial charge in [0, 0.05) is 18.9 Å². The lowest BCUT2D eigenvalue weighted by molar-refractivity contribution is 0.227. The molecule has 90 valence electrons. The number of nitrogens with one attached hydrogen (secondary N) is 1. The Hall–Kier alpha value is -0.940. The number of nitrogens with zero attached hydrogens (tertiary/aromatic N) is 3. The van der Waals surface area contributed by atoms with Gasteiger partial charge in [-0.15, -0.1) is 0 Å². The van der Waals surface area contributed by atoms with Crippen molar-refractivity contribution < 1.29 is 4.52 Å². The van der Waals surface area contributed by atoms with Crippen molar-refractivity contribution in [2.45, 2.75) is 25.2 Å². The molecular formula is C11H20N4O. The molecule has 5 heteroatoms. The van der Waals surface area contributed by atoms with Gasteiger partial charge in [-0.25, -0.2) is 0 Å². The molecule has 0 aliphatic carbocycles. The second-order valence-corrected chi connectivity index (χ2v) is 4.48. The van der Waals surface area contributed by atoms with E-state index in [4.69, 9.17) is 4.52 Å². The third-order valence-corrected chi connectivity index (χ3v) is 3.15. The number of hydrogen-bond donors (Lipinski definition) is 1. The summed E-state index contributed by atoms with van der Waals surface area (Å²) in [5.41, 5.74) is 0. The Morgan fingerprint density at radius 1 is 1.44 bits per heavy atom.